The molecule has 4 nitrogen and oxygen atoms in total. The molecule has 154 valence electrons. The summed E-state index contributed by atoms with van der Waals surface area (Å²) in [4.78, 5) is 0. The van der Waals surface area contributed by atoms with E-state index in [-0.39, 0.29) is 10.8 Å². The Morgan fingerprint density at radius 3 is 0.929 bits per heavy atom. The molecule has 0 amide bonds. The van der Waals surface area contributed by atoms with Crippen molar-refractivity contribution in [3.05, 3.63) is 35.4 Å². The topological polar surface area (TPSA) is 36.9 Å². The van der Waals surface area contributed by atoms with Crippen LogP contribution in [-0.2, 0) is 10.8 Å². The van der Waals surface area contributed by atoms with Gasteiger partial charge >= 0.3 is 0 Å². The third-order valence-corrected chi connectivity index (χ3v) is 4.95. The van der Waals surface area contributed by atoms with Crippen LogP contribution in [0, 0.1) is 0 Å². The van der Waals surface area contributed by atoms with Crippen molar-refractivity contribution in [1.29, 1.82) is 0 Å². The highest BCUT2D eigenvalue weighted by molar-refractivity contribution is 5.78. The zero-order valence-electron chi connectivity index (χ0n) is 18.9. The van der Waals surface area contributed by atoms with Gasteiger partial charge in [-0.05, 0) is 57.3 Å². The highest BCUT2D eigenvalue weighted by Crippen LogP contribution is 2.46. The molecule has 0 aromatic heterocycles. The van der Waals surface area contributed by atoms with E-state index in [4.69, 9.17) is 18.9 Å². The van der Waals surface area contributed by atoms with Crippen LogP contribution in [-0.4, -0.2) is 28.4 Å². The molecule has 4 heteroatoms. The molecule has 0 atom stereocenters. The molecule has 2 aromatic carbocycles. The Morgan fingerprint density at radius 2 is 0.714 bits per heavy atom. The van der Waals surface area contributed by atoms with Crippen LogP contribution in [0.2, 0.25) is 0 Å². The van der Waals surface area contributed by atoms with Crippen LogP contribution in [0.15, 0.2) is 24.3 Å². The molecule has 0 unspecified atom stereocenters. The Balaban J connectivity index is 2.97. The van der Waals surface area contributed by atoms with E-state index < -0.39 is 0 Å². The highest BCUT2D eigenvalue weighted by Gasteiger charge is 2.28. The maximum atomic E-state index is 5.61. The summed E-state index contributed by atoms with van der Waals surface area (Å²) < 4.78 is 22.4. The Morgan fingerprint density at radius 1 is 0.464 bits per heavy atom. The molecule has 0 heterocycles. The number of rotatable bonds is 5. The molecule has 28 heavy (non-hydrogen) atoms. The Hall–Kier alpha value is -2.36. The second-order valence-electron chi connectivity index (χ2n) is 9.01. The van der Waals surface area contributed by atoms with Gasteiger partial charge in [0, 0.05) is 0 Å². The van der Waals surface area contributed by atoms with Crippen molar-refractivity contribution in [3.8, 4) is 34.1 Å². The van der Waals surface area contributed by atoms with E-state index >= 15 is 0 Å². The van der Waals surface area contributed by atoms with Crippen LogP contribution in [0.5, 0.6) is 23.0 Å². The maximum absolute atomic E-state index is 5.61. The van der Waals surface area contributed by atoms with Gasteiger partial charge in [-0.3, -0.25) is 0 Å². The normalized spacial score (nSPS) is 11.9. The van der Waals surface area contributed by atoms with Crippen LogP contribution >= 0.6 is 0 Å². The lowest BCUT2D eigenvalue weighted by atomic mass is 9.76. The summed E-state index contributed by atoms with van der Waals surface area (Å²) in [6.07, 6.45) is 0. The van der Waals surface area contributed by atoms with Gasteiger partial charge in [0.1, 0.15) is 0 Å². The monoisotopic (exact) mass is 386 g/mol. The summed E-state index contributed by atoms with van der Waals surface area (Å²) in [7, 11) is 6.66. The lowest BCUT2D eigenvalue weighted by molar-refractivity contribution is 0.353. The van der Waals surface area contributed by atoms with Crippen molar-refractivity contribution in [3.63, 3.8) is 0 Å². The molecule has 0 N–H and O–H groups in total. The molecule has 0 aliphatic heterocycles. The number of ether oxygens (including phenoxy) is 4. The molecule has 0 spiro atoms. The number of benzene rings is 2. The van der Waals surface area contributed by atoms with Crippen molar-refractivity contribution in [2.45, 2.75) is 52.4 Å². The Bertz CT molecular complexity index is 768. The first kappa shape index (κ1) is 21.9. The van der Waals surface area contributed by atoms with Gasteiger partial charge in [0.25, 0.3) is 0 Å². The third-order valence-electron chi connectivity index (χ3n) is 4.95. The molecule has 0 fully saturated rings. The molecule has 0 bridgehead atoms. The quantitative estimate of drug-likeness (QED) is 0.633. The first-order valence-electron chi connectivity index (χ1n) is 9.51. The lowest BCUT2D eigenvalue weighted by Crippen LogP contribution is -2.17. The van der Waals surface area contributed by atoms with Crippen molar-refractivity contribution >= 4 is 0 Å². The second kappa shape index (κ2) is 7.94. The van der Waals surface area contributed by atoms with Crippen LogP contribution in [0.4, 0.5) is 0 Å². The maximum Gasteiger partial charge on any atom is 0.161 e. The minimum Gasteiger partial charge on any atom is -0.493 e. The Labute approximate surface area is 169 Å². The van der Waals surface area contributed by atoms with E-state index in [1.807, 2.05) is 0 Å². The third kappa shape index (κ3) is 4.21. The summed E-state index contributed by atoms with van der Waals surface area (Å²) in [5.74, 6) is 2.88. The smallest absolute Gasteiger partial charge is 0.161 e. The largest absolute Gasteiger partial charge is 0.493 e. The Kier molecular flexibility index (Phi) is 6.22. The summed E-state index contributed by atoms with van der Waals surface area (Å²) in [6.45, 7) is 13.2. The van der Waals surface area contributed by atoms with Crippen LogP contribution in [0.3, 0.4) is 0 Å². The minimum atomic E-state index is -0.0861. The van der Waals surface area contributed by atoms with E-state index in [1.54, 1.807) is 28.4 Å². The number of hydrogen-bond donors (Lipinski definition) is 0. The van der Waals surface area contributed by atoms with Crippen molar-refractivity contribution < 1.29 is 18.9 Å². The zero-order chi connectivity index (χ0) is 21.3. The van der Waals surface area contributed by atoms with Gasteiger partial charge in [-0.2, -0.15) is 0 Å². The van der Waals surface area contributed by atoms with E-state index in [0.717, 1.165) is 22.6 Å². The van der Waals surface area contributed by atoms with Gasteiger partial charge in [-0.1, -0.05) is 41.5 Å². The predicted molar refractivity (Wildman–Crippen MR) is 115 cm³/mol. The summed E-state index contributed by atoms with van der Waals surface area (Å²) in [5, 5.41) is 0. The molecule has 2 aromatic rings. The van der Waals surface area contributed by atoms with Crippen molar-refractivity contribution in [2.24, 2.45) is 0 Å². The molecule has 0 radical (unpaired) electrons. The van der Waals surface area contributed by atoms with Gasteiger partial charge in [-0.15, -0.1) is 0 Å². The molecule has 0 aliphatic carbocycles. The van der Waals surface area contributed by atoms with E-state index in [9.17, 15) is 0 Å². The average Bonchev–Trinajstić information content (AvgIpc) is 2.64. The molecule has 2 rings (SSSR count). The summed E-state index contributed by atoms with van der Waals surface area (Å²) in [5.41, 5.74) is 4.41. The fraction of sp³-hybridized carbons (Fsp3) is 0.500. The summed E-state index contributed by atoms with van der Waals surface area (Å²) in [6, 6.07) is 8.29. The van der Waals surface area contributed by atoms with Gasteiger partial charge in [-0.25, -0.2) is 0 Å². The standard InChI is InChI=1S/C24H34O4/c1-23(2,3)17-13-21(27-9)19(25-7)11-15(17)16-12-20(26-8)22(28-10)14-18(16)24(4,5)6/h11-14H,1-10H3. The molecule has 0 aliphatic rings. The van der Waals surface area contributed by atoms with Gasteiger partial charge in [0.15, 0.2) is 23.0 Å². The van der Waals surface area contributed by atoms with Crippen molar-refractivity contribution in [2.75, 3.05) is 28.4 Å². The highest BCUT2D eigenvalue weighted by atomic mass is 16.5. The fourth-order valence-corrected chi connectivity index (χ4v) is 3.44. The summed E-state index contributed by atoms with van der Waals surface area (Å²) >= 11 is 0. The van der Waals surface area contributed by atoms with Crippen LogP contribution < -0.4 is 18.9 Å². The first-order valence-corrected chi connectivity index (χ1v) is 9.51. The average molecular weight is 387 g/mol. The van der Waals surface area contributed by atoms with E-state index in [0.29, 0.717) is 11.5 Å². The fourth-order valence-electron chi connectivity index (χ4n) is 3.44. The van der Waals surface area contributed by atoms with Crippen molar-refractivity contribution in [1.82, 2.24) is 0 Å². The second-order valence-corrected chi connectivity index (χ2v) is 9.01. The zero-order valence-corrected chi connectivity index (χ0v) is 18.9. The minimum absolute atomic E-state index is 0.0861. The molecule has 0 saturated carbocycles. The van der Waals surface area contributed by atoms with Gasteiger partial charge < -0.3 is 18.9 Å². The molecular formula is C24H34O4. The van der Waals surface area contributed by atoms with Gasteiger partial charge in [0.2, 0.25) is 0 Å². The number of methoxy groups -OCH3 is 4. The molecule has 0 saturated heterocycles. The van der Waals surface area contributed by atoms with Crippen LogP contribution in [0.25, 0.3) is 11.1 Å². The lowest BCUT2D eigenvalue weighted by Gasteiger charge is -2.29. The van der Waals surface area contributed by atoms with E-state index in [1.165, 1.54) is 11.1 Å². The predicted octanol–water partition coefficient (Wildman–Crippen LogP) is 5.98. The van der Waals surface area contributed by atoms with Crippen LogP contribution in [0.1, 0.15) is 52.7 Å². The number of hydrogen-bond acceptors (Lipinski definition) is 4. The van der Waals surface area contributed by atoms with Gasteiger partial charge in [0.05, 0.1) is 28.4 Å². The first-order chi connectivity index (χ1) is 13.0. The van der Waals surface area contributed by atoms with E-state index in [2.05, 4.69) is 65.8 Å². The SMILES string of the molecule is COc1cc(-c2cc(OC)c(OC)cc2C(C)(C)C)c(C(C)(C)C)cc1OC. The molecular weight excluding hydrogens is 352 g/mol.